The summed E-state index contributed by atoms with van der Waals surface area (Å²) in [7, 11) is 0. The van der Waals surface area contributed by atoms with Gasteiger partial charge in [-0.1, -0.05) is 51.2 Å². The first-order chi connectivity index (χ1) is 19.3. The Hall–Kier alpha value is -1.44. The number of nitrogens with zero attached hydrogens (tertiary/aromatic N) is 2. The highest BCUT2D eigenvalue weighted by atomic mass is 32.2. The van der Waals surface area contributed by atoms with Gasteiger partial charge in [0, 0.05) is 0 Å². The number of rotatable bonds is 4. The second-order valence-corrected chi connectivity index (χ2v) is 15.5. The molecule has 0 spiro atoms. The van der Waals surface area contributed by atoms with Gasteiger partial charge in [-0.05, 0) is 77.0 Å². The summed E-state index contributed by atoms with van der Waals surface area (Å²) in [6.45, 7) is 11.7. The predicted molar refractivity (Wildman–Crippen MR) is 156 cm³/mol. The van der Waals surface area contributed by atoms with Gasteiger partial charge in [-0.3, -0.25) is 19.6 Å². The maximum absolute atomic E-state index is 12.6. The first-order valence-corrected chi connectivity index (χ1v) is 16.2. The molecule has 2 aliphatic carbocycles. The zero-order valence-electron chi connectivity index (χ0n) is 24.9. The lowest BCUT2D eigenvalue weighted by Gasteiger charge is -2.28. The van der Waals surface area contributed by atoms with Crippen molar-refractivity contribution in [2.24, 2.45) is 33.7 Å². The van der Waals surface area contributed by atoms with E-state index in [4.69, 9.17) is 0 Å². The van der Waals surface area contributed by atoms with Crippen molar-refractivity contribution < 1.29 is 35.9 Å². The molecule has 2 N–H and O–H groups in total. The summed E-state index contributed by atoms with van der Waals surface area (Å²) in [4.78, 5) is 32.9. The van der Waals surface area contributed by atoms with Gasteiger partial charge in [0.15, 0.2) is 10.3 Å². The van der Waals surface area contributed by atoms with E-state index in [1.165, 1.54) is 23.5 Å². The van der Waals surface area contributed by atoms with Crippen LogP contribution in [0.2, 0.25) is 0 Å². The zero-order valence-corrected chi connectivity index (χ0v) is 26.5. The van der Waals surface area contributed by atoms with Crippen molar-refractivity contribution >= 4 is 45.7 Å². The summed E-state index contributed by atoms with van der Waals surface area (Å²) in [5.74, 6) is -2.19. The molecule has 4 aliphatic rings. The predicted octanol–water partition coefficient (Wildman–Crippen LogP) is 7.48. The van der Waals surface area contributed by atoms with Crippen molar-refractivity contribution in [3.05, 3.63) is 0 Å². The Morgan fingerprint density at radius 3 is 1.14 bits per heavy atom. The Bertz CT molecular complexity index is 966. The average molecular weight is 645 g/mol. The second kappa shape index (κ2) is 13.3. The molecule has 2 heterocycles. The quantitative estimate of drug-likeness (QED) is 0.311. The fourth-order valence-electron chi connectivity index (χ4n) is 5.26. The highest BCUT2D eigenvalue weighted by molar-refractivity contribution is 8.16. The van der Waals surface area contributed by atoms with Crippen molar-refractivity contribution in [3.63, 3.8) is 0 Å². The molecule has 0 radical (unpaired) electrons. The Morgan fingerprint density at radius 2 is 0.929 bits per heavy atom. The molecular weight excluding hydrogens is 602 g/mol. The number of alkyl halides is 6. The van der Waals surface area contributed by atoms with Gasteiger partial charge in [-0.15, -0.1) is 0 Å². The summed E-state index contributed by atoms with van der Waals surface area (Å²) in [6, 6.07) is -0.221. The number of carbonyl (C=O) groups is 2. The molecule has 0 aromatic rings. The highest BCUT2D eigenvalue weighted by Gasteiger charge is 2.47. The lowest BCUT2D eigenvalue weighted by molar-refractivity contribution is -0.183. The van der Waals surface area contributed by atoms with Crippen LogP contribution in [0.15, 0.2) is 9.98 Å². The van der Waals surface area contributed by atoms with Crippen molar-refractivity contribution in [3.8, 4) is 0 Å². The number of hydrogen-bond donors (Lipinski definition) is 2. The van der Waals surface area contributed by atoms with Crippen LogP contribution in [0.25, 0.3) is 0 Å². The zero-order chi connectivity index (χ0) is 31.7. The van der Waals surface area contributed by atoms with Crippen molar-refractivity contribution in [2.45, 2.75) is 127 Å². The largest absolute Gasteiger partial charge is 0.391 e. The van der Waals surface area contributed by atoms with Crippen LogP contribution in [0, 0.1) is 23.7 Å². The topological polar surface area (TPSA) is 82.9 Å². The monoisotopic (exact) mass is 644 g/mol. The first kappa shape index (κ1) is 35.0. The smallest absolute Gasteiger partial charge is 0.304 e. The molecule has 0 bridgehead atoms. The molecule has 14 heteroatoms. The number of amidine groups is 2. The molecule has 6 nitrogen and oxygen atoms in total. The van der Waals surface area contributed by atoms with Crippen molar-refractivity contribution in [1.82, 2.24) is 10.6 Å². The van der Waals surface area contributed by atoms with Gasteiger partial charge in [0.1, 0.15) is 9.49 Å². The number of carbonyl (C=O) groups excluding carboxylic acids is 2. The van der Waals surface area contributed by atoms with E-state index in [1.807, 2.05) is 41.5 Å². The summed E-state index contributed by atoms with van der Waals surface area (Å²) in [6.07, 6.45) is -5.93. The minimum Gasteiger partial charge on any atom is -0.304 e. The Morgan fingerprint density at radius 1 is 0.643 bits per heavy atom. The van der Waals surface area contributed by atoms with Gasteiger partial charge in [-0.2, -0.15) is 26.3 Å². The number of aliphatic imine (C=N–C) groups is 2. The van der Waals surface area contributed by atoms with Crippen LogP contribution in [0.4, 0.5) is 26.3 Å². The standard InChI is InChI=1S/2C14H21F3N2OS/c2*1-8(2)13(3)11(20)19-12(21-13)18-10-6-4-9(5-7-10)14(15,16)17/h2*8-10H,4-7H2,1-3H3,(H,18,19,20)/t2*9?,10?,13-/m10/s1. The van der Waals surface area contributed by atoms with Crippen molar-refractivity contribution in [1.29, 1.82) is 0 Å². The SMILES string of the molecule is CC(C)[C@@]1(C)SC(=NC2CCC(C(F)(F)F)CC2)NC1=O.CC(C)[C@]1(C)SC(=NC2CCC(C(F)(F)F)CC2)NC1=O. The minimum atomic E-state index is -4.09. The van der Waals surface area contributed by atoms with Gasteiger partial charge in [-0.25, -0.2) is 0 Å². The summed E-state index contributed by atoms with van der Waals surface area (Å²) in [5, 5.41) is 6.66. The molecular formula is C28H42F6N4O2S2. The summed E-state index contributed by atoms with van der Waals surface area (Å²) in [5.41, 5.74) is 0. The fourth-order valence-corrected chi connectivity index (χ4v) is 7.51. The number of hydrogen-bond acceptors (Lipinski definition) is 6. The molecule has 2 saturated carbocycles. The van der Waals surface area contributed by atoms with E-state index < -0.39 is 33.7 Å². The number of halogens is 6. The van der Waals surface area contributed by atoms with Crippen LogP contribution in [0.5, 0.6) is 0 Å². The molecule has 4 fully saturated rings. The van der Waals surface area contributed by atoms with E-state index >= 15 is 0 Å². The molecule has 2 aliphatic heterocycles. The highest BCUT2D eigenvalue weighted by Crippen LogP contribution is 2.42. The van der Waals surface area contributed by atoms with E-state index in [-0.39, 0.29) is 61.4 Å². The summed E-state index contributed by atoms with van der Waals surface area (Å²) >= 11 is 2.79. The van der Waals surface area contributed by atoms with Crippen molar-refractivity contribution in [2.75, 3.05) is 0 Å². The third-order valence-electron chi connectivity index (χ3n) is 9.08. The maximum atomic E-state index is 12.6. The normalized spacial score (nSPS) is 36.3. The molecule has 2 saturated heterocycles. The van der Waals surface area contributed by atoms with Crippen LogP contribution < -0.4 is 10.6 Å². The molecule has 4 rings (SSSR count). The molecule has 0 aromatic heterocycles. The minimum absolute atomic E-state index is 0.0646. The Balaban J connectivity index is 0.000000230. The van der Waals surface area contributed by atoms with Gasteiger partial charge >= 0.3 is 12.4 Å². The molecule has 2 amide bonds. The lowest BCUT2D eigenvalue weighted by atomic mass is 9.86. The Labute approximate surface area is 252 Å². The van der Waals surface area contributed by atoms with Crippen LogP contribution in [0.1, 0.15) is 92.9 Å². The molecule has 240 valence electrons. The van der Waals surface area contributed by atoms with E-state index in [1.54, 1.807) is 0 Å². The third kappa shape index (κ3) is 8.38. The van der Waals surface area contributed by atoms with Gasteiger partial charge in [0.2, 0.25) is 11.8 Å². The van der Waals surface area contributed by atoms with Crippen LogP contribution in [-0.2, 0) is 9.59 Å². The molecule has 0 unspecified atom stereocenters. The lowest BCUT2D eigenvalue weighted by Crippen LogP contribution is -2.38. The average Bonchev–Trinajstić information content (AvgIpc) is 3.33. The molecule has 42 heavy (non-hydrogen) atoms. The van der Waals surface area contributed by atoms with E-state index in [0.29, 0.717) is 36.0 Å². The van der Waals surface area contributed by atoms with Gasteiger partial charge in [0.25, 0.3) is 0 Å². The number of amides is 2. The van der Waals surface area contributed by atoms with E-state index in [9.17, 15) is 35.9 Å². The fraction of sp³-hybridized carbons (Fsp3) is 0.857. The maximum Gasteiger partial charge on any atom is 0.391 e. The van der Waals surface area contributed by atoms with Gasteiger partial charge < -0.3 is 10.6 Å². The number of nitrogens with one attached hydrogen (secondary N) is 2. The van der Waals surface area contributed by atoms with Gasteiger partial charge in [0.05, 0.1) is 23.9 Å². The number of thioether (sulfide) groups is 2. The van der Waals surface area contributed by atoms with E-state index in [2.05, 4.69) is 20.6 Å². The summed E-state index contributed by atoms with van der Waals surface area (Å²) < 4.78 is 74.6. The first-order valence-electron chi connectivity index (χ1n) is 14.6. The second-order valence-electron chi connectivity index (χ2n) is 12.6. The molecule has 2 atom stereocenters. The van der Waals surface area contributed by atoms with Crippen LogP contribution in [0.3, 0.4) is 0 Å². The van der Waals surface area contributed by atoms with Crippen LogP contribution >= 0.6 is 23.5 Å². The molecule has 0 aromatic carbocycles. The third-order valence-corrected chi connectivity index (χ3v) is 12.0. The Kier molecular flexibility index (Phi) is 11.1. The van der Waals surface area contributed by atoms with Crippen LogP contribution in [-0.4, -0.2) is 56.1 Å². The van der Waals surface area contributed by atoms with E-state index in [0.717, 1.165) is 0 Å².